The summed E-state index contributed by atoms with van der Waals surface area (Å²) in [5.74, 6) is -1.84. The smallest absolute Gasteiger partial charge is 0.335 e. The number of carboxylic acids is 1. The highest BCUT2D eigenvalue weighted by atomic mass is 32.1. The molecule has 1 heterocycles. The van der Waals surface area contributed by atoms with E-state index in [1.54, 1.807) is 24.3 Å². The lowest BCUT2D eigenvalue weighted by molar-refractivity contribution is -0.115. The van der Waals surface area contributed by atoms with Gasteiger partial charge < -0.3 is 10.4 Å². The van der Waals surface area contributed by atoms with Crippen LogP contribution in [0.25, 0.3) is 10.2 Å². The van der Waals surface area contributed by atoms with Crippen LogP contribution >= 0.6 is 11.3 Å². The molecule has 0 saturated carbocycles. The summed E-state index contributed by atoms with van der Waals surface area (Å²) in [5, 5.41) is 11.9. The molecule has 7 heteroatoms. The van der Waals surface area contributed by atoms with E-state index in [1.165, 1.54) is 29.5 Å². The quantitative estimate of drug-likeness (QED) is 0.769. The SMILES string of the molecule is O=C(Cc1ccccc1F)Nc1nc2ccc(C(=O)O)cc2s1. The first-order valence-electron chi connectivity index (χ1n) is 6.70. The van der Waals surface area contributed by atoms with Crippen molar-refractivity contribution in [3.8, 4) is 0 Å². The van der Waals surface area contributed by atoms with Gasteiger partial charge in [-0.1, -0.05) is 29.5 Å². The fourth-order valence-corrected chi connectivity index (χ4v) is 3.01. The number of thiazole rings is 1. The first-order chi connectivity index (χ1) is 11.0. The fourth-order valence-electron chi connectivity index (χ4n) is 2.09. The van der Waals surface area contributed by atoms with E-state index in [4.69, 9.17) is 5.11 Å². The van der Waals surface area contributed by atoms with Crippen molar-refractivity contribution >= 4 is 38.6 Å². The van der Waals surface area contributed by atoms with Crippen molar-refractivity contribution in [2.45, 2.75) is 6.42 Å². The van der Waals surface area contributed by atoms with Crippen molar-refractivity contribution in [3.63, 3.8) is 0 Å². The summed E-state index contributed by atoms with van der Waals surface area (Å²) in [7, 11) is 0. The molecule has 116 valence electrons. The molecule has 2 aromatic carbocycles. The van der Waals surface area contributed by atoms with Gasteiger partial charge >= 0.3 is 5.97 Å². The maximum Gasteiger partial charge on any atom is 0.335 e. The average molecular weight is 330 g/mol. The number of anilines is 1. The molecular formula is C16H11FN2O3S. The molecular weight excluding hydrogens is 319 g/mol. The average Bonchev–Trinajstić information content (AvgIpc) is 2.90. The van der Waals surface area contributed by atoms with E-state index < -0.39 is 11.8 Å². The Morgan fingerprint density at radius 3 is 2.74 bits per heavy atom. The van der Waals surface area contributed by atoms with Gasteiger partial charge in [-0.05, 0) is 29.8 Å². The molecule has 3 aromatic rings. The van der Waals surface area contributed by atoms with E-state index in [2.05, 4.69) is 10.3 Å². The van der Waals surface area contributed by atoms with Gasteiger partial charge in [0.15, 0.2) is 5.13 Å². The Morgan fingerprint density at radius 2 is 2.00 bits per heavy atom. The maximum atomic E-state index is 13.5. The van der Waals surface area contributed by atoms with E-state index in [-0.39, 0.29) is 17.9 Å². The van der Waals surface area contributed by atoms with E-state index in [0.717, 1.165) is 0 Å². The fraction of sp³-hybridized carbons (Fsp3) is 0.0625. The highest BCUT2D eigenvalue weighted by molar-refractivity contribution is 7.22. The van der Waals surface area contributed by atoms with E-state index in [0.29, 0.717) is 20.9 Å². The molecule has 0 saturated heterocycles. The molecule has 0 radical (unpaired) electrons. The van der Waals surface area contributed by atoms with Gasteiger partial charge in [-0.25, -0.2) is 14.2 Å². The van der Waals surface area contributed by atoms with Gasteiger partial charge in [0.05, 0.1) is 22.2 Å². The number of halogens is 1. The summed E-state index contributed by atoms with van der Waals surface area (Å²) >= 11 is 1.17. The summed E-state index contributed by atoms with van der Waals surface area (Å²) in [4.78, 5) is 27.1. The molecule has 0 spiro atoms. The number of aromatic carboxylic acids is 1. The van der Waals surface area contributed by atoms with Crippen molar-refractivity contribution in [2.24, 2.45) is 0 Å². The topological polar surface area (TPSA) is 79.3 Å². The predicted molar refractivity (Wildman–Crippen MR) is 85.3 cm³/mol. The minimum atomic E-state index is -1.02. The Morgan fingerprint density at radius 1 is 1.22 bits per heavy atom. The molecule has 0 unspecified atom stereocenters. The van der Waals surface area contributed by atoms with Crippen molar-refractivity contribution < 1.29 is 19.1 Å². The highest BCUT2D eigenvalue weighted by Gasteiger charge is 2.12. The van der Waals surface area contributed by atoms with E-state index in [1.807, 2.05) is 0 Å². The molecule has 3 rings (SSSR count). The summed E-state index contributed by atoms with van der Waals surface area (Å²) in [5.41, 5.74) is 1.06. The minimum Gasteiger partial charge on any atom is -0.478 e. The summed E-state index contributed by atoms with van der Waals surface area (Å²) in [6.07, 6.45) is -0.0943. The molecule has 0 atom stereocenters. The summed E-state index contributed by atoms with van der Waals surface area (Å²) in [6.45, 7) is 0. The lowest BCUT2D eigenvalue weighted by atomic mass is 10.1. The third-order valence-corrected chi connectivity index (χ3v) is 4.12. The first kappa shape index (κ1) is 15.1. The largest absolute Gasteiger partial charge is 0.478 e. The number of benzene rings is 2. The molecule has 0 bridgehead atoms. The highest BCUT2D eigenvalue weighted by Crippen LogP contribution is 2.27. The number of carboxylic acid groups (broad SMARTS) is 1. The molecule has 23 heavy (non-hydrogen) atoms. The minimum absolute atomic E-state index is 0.0943. The van der Waals surface area contributed by atoms with Crippen LogP contribution in [-0.2, 0) is 11.2 Å². The third kappa shape index (κ3) is 3.35. The Bertz CT molecular complexity index is 907. The molecule has 1 aromatic heterocycles. The van der Waals surface area contributed by atoms with Gasteiger partial charge in [-0.2, -0.15) is 0 Å². The lowest BCUT2D eigenvalue weighted by Crippen LogP contribution is -2.14. The van der Waals surface area contributed by atoms with E-state index in [9.17, 15) is 14.0 Å². The number of nitrogens with zero attached hydrogens (tertiary/aromatic N) is 1. The van der Waals surface area contributed by atoms with Gasteiger partial charge in [0.25, 0.3) is 0 Å². The molecule has 1 amide bonds. The second kappa shape index (κ2) is 6.13. The van der Waals surface area contributed by atoms with Crippen LogP contribution in [0, 0.1) is 5.82 Å². The predicted octanol–water partition coefficient (Wildman–Crippen LogP) is 3.31. The van der Waals surface area contributed by atoms with Crippen LogP contribution in [0.1, 0.15) is 15.9 Å². The second-order valence-electron chi connectivity index (χ2n) is 4.82. The lowest BCUT2D eigenvalue weighted by Gasteiger charge is -2.02. The van der Waals surface area contributed by atoms with Crippen LogP contribution < -0.4 is 5.32 Å². The van der Waals surface area contributed by atoms with Crippen molar-refractivity contribution in [1.82, 2.24) is 4.98 Å². The molecule has 2 N–H and O–H groups in total. The van der Waals surface area contributed by atoms with Crippen LogP contribution in [0.3, 0.4) is 0 Å². The second-order valence-corrected chi connectivity index (χ2v) is 5.85. The molecule has 0 fully saturated rings. The number of hydrogen-bond acceptors (Lipinski definition) is 4. The van der Waals surface area contributed by atoms with Crippen LogP contribution in [0.5, 0.6) is 0 Å². The number of aromatic nitrogens is 1. The zero-order valence-corrected chi connectivity index (χ0v) is 12.6. The van der Waals surface area contributed by atoms with Crippen molar-refractivity contribution in [2.75, 3.05) is 5.32 Å². The number of nitrogens with one attached hydrogen (secondary N) is 1. The number of carbonyl (C=O) groups is 2. The molecule has 0 aliphatic rings. The van der Waals surface area contributed by atoms with Crippen molar-refractivity contribution in [3.05, 3.63) is 59.4 Å². The zero-order valence-electron chi connectivity index (χ0n) is 11.7. The molecule has 0 aliphatic heterocycles. The Hall–Kier alpha value is -2.80. The number of hydrogen-bond donors (Lipinski definition) is 2. The van der Waals surface area contributed by atoms with Crippen molar-refractivity contribution in [1.29, 1.82) is 0 Å². The van der Waals surface area contributed by atoms with Crippen LogP contribution in [0.4, 0.5) is 9.52 Å². The van der Waals surface area contributed by atoms with Crippen LogP contribution in [0.15, 0.2) is 42.5 Å². The van der Waals surface area contributed by atoms with Gasteiger partial charge in [0.1, 0.15) is 5.82 Å². The van der Waals surface area contributed by atoms with Gasteiger partial charge in [0, 0.05) is 0 Å². The van der Waals surface area contributed by atoms with Crippen LogP contribution in [-0.4, -0.2) is 22.0 Å². The Kier molecular flexibility index (Phi) is 4.03. The van der Waals surface area contributed by atoms with Gasteiger partial charge in [-0.15, -0.1) is 0 Å². The Labute approximate surface area is 134 Å². The molecule has 0 aliphatic carbocycles. The Balaban J connectivity index is 1.77. The number of rotatable bonds is 4. The first-order valence-corrected chi connectivity index (χ1v) is 7.52. The third-order valence-electron chi connectivity index (χ3n) is 3.19. The summed E-state index contributed by atoms with van der Waals surface area (Å²) in [6, 6.07) is 10.6. The zero-order chi connectivity index (χ0) is 16.4. The van der Waals surface area contributed by atoms with E-state index >= 15 is 0 Å². The maximum absolute atomic E-state index is 13.5. The standard InChI is InChI=1S/C16H11FN2O3S/c17-11-4-2-1-3-9(11)8-14(20)19-16-18-12-6-5-10(15(21)22)7-13(12)23-16/h1-7H,8H2,(H,21,22)(H,18,19,20). The number of fused-ring (bicyclic) bond motifs is 1. The van der Waals surface area contributed by atoms with Gasteiger partial charge in [-0.3, -0.25) is 4.79 Å². The monoisotopic (exact) mass is 330 g/mol. The summed E-state index contributed by atoms with van der Waals surface area (Å²) < 4.78 is 14.2. The molecule has 5 nitrogen and oxygen atoms in total. The normalized spacial score (nSPS) is 10.7. The van der Waals surface area contributed by atoms with Gasteiger partial charge in [0.2, 0.25) is 5.91 Å². The van der Waals surface area contributed by atoms with Crippen LogP contribution in [0.2, 0.25) is 0 Å². The number of carbonyl (C=O) groups excluding carboxylic acids is 1. The number of amides is 1.